The topological polar surface area (TPSA) is 25.4 Å². The summed E-state index contributed by atoms with van der Waals surface area (Å²) in [5, 5.41) is 0. The average Bonchev–Trinajstić information content (AvgIpc) is 3.02. The molecular formula is C19H22N2O. The lowest BCUT2D eigenvalue weighted by atomic mass is 10.1. The van der Waals surface area contributed by atoms with Gasteiger partial charge in [0.25, 0.3) is 0 Å². The van der Waals surface area contributed by atoms with Crippen LogP contribution in [0.3, 0.4) is 0 Å². The van der Waals surface area contributed by atoms with Crippen LogP contribution in [0.1, 0.15) is 24.6 Å². The van der Waals surface area contributed by atoms with Gasteiger partial charge in [-0.2, -0.15) is 0 Å². The molecule has 1 unspecified atom stereocenters. The van der Waals surface area contributed by atoms with Gasteiger partial charge >= 0.3 is 0 Å². The summed E-state index contributed by atoms with van der Waals surface area (Å²) >= 11 is 0. The molecule has 2 heterocycles. The number of aromatic nitrogens is 1. The summed E-state index contributed by atoms with van der Waals surface area (Å²) in [6.45, 7) is 4.79. The normalized spacial score (nSPS) is 17.8. The van der Waals surface area contributed by atoms with Gasteiger partial charge in [0.2, 0.25) is 0 Å². The first-order chi connectivity index (χ1) is 10.8. The van der Waals surface area contributed by atoms with Crippen molar-refractivity contribution in [3.05, 3.63) is 72.1 Å². The molecule has 2 aromatic rings. The number of hydrogen-bond donors (Lipinski definition) is 0. The molecule has 0 bridgehead atoms. The molecule has 3 nitrogen and oxygen atoms in total. The molecule has 0 saturated carbocycles. The summed E-state index contributed by atoms with van der Waals surface area (Å²) in [5.74, 6) is 0.890. The molecule has 0 saturated heterocycles. The van der Waals surface area contributed by atoms with Gasteiger partial charge in [0.05, 0.1) is 5.69 Å². The Balaban J connectivity index is 1.54. The van der Waals surface area contributed by atoms with Gasteiger partial charge in [-0.05, 0) is 36.2 Å². The highest BCUT2D eigenvalue weighted by Gasteiger charge is 2.17. The fraction of sp³-hybridized carbons (Fsp3) is 0.316. The number of rotatable bonds is 6. The summed E-state index contributed by atoms with van der Waals surface area (Å²) in [4.78, 5) is 6.75. The van der Waals surface area contributed by atoms with Crippen molar-refractivity contribution in [3.63, 3.8) is 0 Å². The van der Waals surface area contributed by atoms with E-state index in [1.54, 1.807) is 6.20 Å². The first-order valence-corrected chi connectivity index (χ1v) is 7.87. The molecule has 114 valence electrons. The van der Waals surface area contributed by atoms with E-state index in [0.717, 1.165) is 24.5 Å². The lowest BCUT2D eigenvalue weighted by molar-refractivity contribution is 0.258. The molecule has 0 spiro atoms. The van der Waals surface area contributed by atoms with Gasteiger partial charge in [0.1, 0.15) is 12.4 Å². The molecule has 1 atom stereocenters. The fourth-order valence-electron chi connectivity index (χ4n) is 2.75. The molecule has 0 radical (unpaired) electrons. The SMILES string of the molecule is CCC1C=CCN1Cc1ccc(OCc2ccccn2)cc1. The van der Waals surface area contributed by atoms with Gasteiger partial charge in [-0.15, -0.1) is 0 Å². The Labute approximate surface area is 132 Å². The highest BCUT2D eigenvalue weighted by atomic mass is 16.5. The Morgan fingerprint density at radius 3 is 2.77 bits per heavy atom. The molecule has 1 aromatic heterocycles. The third-order valence-corrected chi connectivity index (χ3v) is 4.01. The molecule has 0 fully saturated rings. The summed E-state index contributed by atoms with van der Waals surface area (Å²) < 4.78 is 5.77. The fourth-order valence-corrected chi connectivity index (χ4v) is 2.75. The maximum atomic E-state index is 5.77. The first kappa shape index (κ1) is 14.8. The van der Waals surface area contributed by atoms with Gasteiger partial charge < -0.3 is 4.74 Å². The maximum Gasteiger partial charge on any atom is 0.130 e. The van der Waals surface area contributed by atoms with Crippen LogP contribution in [0.4, 0.5) is 0 Å². The molecule has 22 heavy (non-hydrogen) atoms. The standard InChI is InChI=1S/C19H22N2O/c1-2-18-7-5-13-21(18)14-16-8-10-19(11-9-16)22-15-17-6-3-4-12-20-17/h3-12,18H,2,13-15H2,1H3. The lowest BCUT2D eigenvalue weighted by Gasteiger charge is -2.23. The third-order valence-electron chi connectivity index (χ3n) is 4.01. The predicted octanol–water partition coefficient (Wildman–Crippen LogP) is 3.81. The number of benzene rings is 1. The second-order valence-electron chi connectivity index (χ2n) is 5.59. The lowest BCUT2D eigenvalue weighted by Crippen LogP contribution is -2.28. The Bertz CT molecular complexity index is 607. The quantitative estimate of drug-likeness (QED) is 0.758. The number of nitrogens with zero attached hydrogens (tertiary/aromatic N) is 2. The van der Waals surface area contributed by atoms with E-state index in [1.807, 2.05) is 30.3 Å². The van der Waals surface area contributed by atoms with Crippen LogP contribution in [0.5, 0.6) is 5.75 Å². The third kappa shape index (κ3) is 3.74. The molecule has 1 aliphatic rings. The minimum atomic E-state index is 0.508. The van der Waals surface area contributed by atoms with Crippen molar-refractivity contribution in [1.82, 2.24) is 9.88 Å². The van der Waals surface area contributed by atoms with Gasteiger partial charge in [-0.1, -0.05) is 37.3 Å². The van der Waals surface area contributed by atoms with E-state index >= 15 is 0 Å². The van der Waals surface area contributed by atoms with E-state index in [2.05, 4.69) is 41.1 Å². The maximum absolute atomic E-state index is 5.77. The van der Waals surface area contributed by atoms with E-state index in [0.29, 0.717) is 12.6 Å². The van der Waals surface area contributed by atoms with Crippen LogP contribution in [-0.2, 0) is 13.2 Å². The minimum Gasteiger partial charge on any atom is -0.487 e. The van der Waals surface area contributed by atoms with Crippen molar-refractivity contribution in [2.75, 3.05) is 6.54 Å². The Kier molecular flexibility index (Phi) is 4.86. The Morgan fingerprint density at radius 1 is 1.18 bits per heavy atom. The van der Waals surface area contributed by atoms with Crippen LogP contribution in [0, 0.1) is 0 Å². The zero-order chi connectivity index (χ0) is 15.2. The van der Waals surface area contributed by atoms with E-state index in [-0.39, 0.29) is 0 Å². The van der Waals surface area contributed by atoms with E-state index in [9.17, 15) is 0 Å². The summed E-state index contributed by atoms with van der Waals surface area (Å²) in [6.07, 6.45) is 7.53. The van der Waals surface area contributed by atoms with Crippen molar-refractivity contribution in [3.8, 4) is 5.75 Å². The average molecular weight is 294 g/mol. The number of pyridine rings is 1. The molecule has 1 aromatic carbocycles. The van der Waals surface area contributed by atoms with E-state index in [1.165, 1.54) is 12.0 Å². The number of hydrogen-bond acceptors (Lipinski definition) is 3. The molecule has 0 aliphatic carbocycles. The molecule has 3 heteroatoms. The zero-order valence-corrected chi connectivity index (χ0v) is 13.0. The van der Waals surface area contributed by atoms with Crippen molar-refractivity contribution in [2.45, 2.75) is 32.5 Å². The highest BCUT2D eigenvalue weighted by molar-refractivity contribution is 5.28. The molecular weight excluding hydrogens is 272 g/mol. The van der Waals surface area contributed by atoms with Crippen LogP contribution in [0.2, 0.25) is 0 Å². The molecule has 3 rings (SSSR count). The summed E-state index contributed by atoms with van der Waals surface area (Å²) in [7, 11) is 0. The minimum absolute atomic E-state index is 0.508. The van der Waals surface area contributed by atoms with Gasteiger partial charge in [-0.3, -0.25) is 9.88 Å². The van der Waals surface area contributed by atoms with Crippen molar-refractivity contribution in [2.24, 2.45) is 0 Å². The van der Waals surface area contributed by atoms with E-state index < -0.39 is 0 Å². The van der Waals surface area contributed by atoms with Crippen LogP contribution in [0.15, 0.2) is 60.8 Å². The van der Waals surface area contributed by atoms with Gasteiger partial charge in [0.15, 0.2) is 0 Å². The van der Waals surface area contributed by atoms with Crippen molar-refractivity contribution >= 4 is 0 Å². The molecule has 0 amide bonds. The predicted molar refractivity (Wildman–Crippen MR) is 88.6 cm³/mol. The van der Waals surface area contributed by atoms with Crippen molar-refractivity contribution < 1.29 is 4.74 Å². The second kappa shape index (κ2) is 7.23. The zero-order valence-electron chi connectivity index (χ0n) is 13.0. The molecule has 1 aliphatic heterocycles. The molecule has 0 N–H and O–H groups in total. The summed E-state index contributed by atoms with van der Waals surface area (Å²) in [5.41, 5.74) is 2.27. The second-order valence-corrected chi connectivity index (χ2v) is 5.59. The monoisotopic (exact) mass is 294 g/mol. The smallest absolute Gasteiger partial charge is 0.130 e. The first-order valence-electron chi connectivity index (χ1n) is 7.87. The summed E-state index contributed by atoms with van der Waals surface area (Å²) in [6, 6.07) is 14.8. The van der Waals surface area contributed by atoms with Gasteiger partial charge in [0, 0.05) is 25.3 Å². The van der Waals surface area contributed by atoms with E-state index in [4.69, 9.17) is 4.74 Å². The Hall–Kier alpha value is -2.13. The van der Waals surface area contributed by atoms with Crippen LogP contribution in [0.25, 0.3) is 0 Å². The van der Waals surface area contributed by atoms with Crippen LogP contribution in [-0.4, -0.2) is 22.5 Å². The highest BCUT2D eigenvalue weighted by Crippen LogP contribution is 2.19. The van der Waals surface area contributed by atoms with Gasteiger partial charge in [-0.25, -0.2) is 0 Å². The largest absolute Gasteiger partial charge is 0.487 e. The number of ether oxygens (including phenoxy) is 1. The van der Waals surface area contributed by atoms with Crippen LogP contribution < -0.4 is 4.74 Å². The van der Waals surface area contributed by atoms with Crippen LogP contribution >= 0.6 is 0 Å². The Morgan fingerprint density at radius 2 is 2.05 bits per heavy atom. The van der Waals surface area contributed by atoms with Crippen molar-refractivity contribution in [1.29, 1.82) is 0 Å².